The molecule has 0 bridgehead atoms. The Morgan fingerprint density at radius 2 is 1.78 bits per heavy atom. The predicted molar refractivity (Wildman–Crippen MR) is 76.3 cm³/mol. The lowest BCUT2D eigenvalue weighted by Gasteiger charge is -2.24. The highest BCUT2D eigenvalue weighted by atomic mass is 79.9. The summed E-state index contributed by atoms with van der Waals surface area (Å²) >= 11 is 3.41. The number of hydrogen-bond acceptors (Lipinski definition) is 1. The van der Waals surface area contributed by atoms with Crippen molar-refractivity contribution in [2.24, 2.45) is 5.92 Å². The van der Waals surface area contributed by atoms with Crippen LogP contribution in [-0.2, 0) is 4.79 Å². The number of benzene rings is 1. The number of carboxylic acid groups (broad SMARTS) is 1. The van der Waals surface area contributed by atoms with Gasteiger partial charge < -0.3 is 5.11 Å². The number of carboxylic acids is 1. The first kappa shape index (κ1) is 13.3. The van der Waals surface area contributed by atoms with Crippen LogP contribution in [-0.4, -0.2) is 11.1 Å². The van der Waals surface area contributed by atoms with Gasteiger partial charge in [-0.2, -0.15) is 0 Å². The smallest absolute Gasteiger partial charge is 0.328 e. The quantitative estimate of drug-likeness (QED) is 0.835. The third kappa shape index (κ3) is 3.45. The van der Waals surface area contributed by atoms with Gasteiger partial charge in [0.2, 0.25) is 0 Å². The molecule has 0 saturated heterocycles. The molecule has 1 aromatic rings. The maximum absolute atomic E-state index is 11.0. The van der Waals surface area contributed by atoms with Crippen LogP contribution in [0, 0.1) is 5.92 Å². The van der Waals surface area contributed by atoms with Gasteiger partial charge in [-0.1, -0.05) is 47.3 Å². The molecule has 1 N–H and O–H groups in total. The van der Waals surface area contributed by atoms with Crippen LogP contribution in [0.5, 0.6) is 0 Å². The molecule has 0 unspecified atom stereocenters. The zero-order valence-corrected chi connectivity index (χ0v) is 11.8. The molecule has 96 valence electrons. The Morgan fingerprint density at radius 3 is 2.33 bits per heavy atom. The molecule has 2 nitrogen and oxygen atoms in total. The molecular formula is C15H17BrO2. The number of carbonyl (C=O) groups is 1. The van der Waals surface area contributed by atoms with E-state index in [4.69, 9.17) is 5.11 Å². The Kier molecular flexibility index (Phi) is 4.59. The minimum atomic E-state index is -0.849. The number of allylic oxidation sites excluding steroid dienone is 1. The Bertz CT molecular complexity index is 442. The van der Waals surface area contributed by atoms with E-state index in [2.05, 4.69) is 15.9 Å². The molecule has 0 heterocycles. The van der Waals surface area contributed by atoms with E-state index in [1.54, 1.807) is 0 Å². The molecule has 2 rings (SSSR count). The van der Waals surface area contributed by atoms with Crippen LogP contribution in [0.4, 0.5) is 0 Å². The average molecular weight is 309 g/mol. The molecular weight excluding hydrogens is 292 g/mol. The van der Waals surface area contributed by atoms with E-state index in [1.807, 2.05) is 24.3 Å². The van der Waals surface area contributed by atoms with Crippen molar-refractivity contribution in [3.05, 3.63) is 40.4 Å². The van der Waals surface area contributed by atoms with Crippen LogP contribution in [0.1, 0.15) is 37.7 Å². The molecule has 1 aromatic carbocycles. The fourth-order valence-electron chi connectivity index (χ4n) is 2.63. The number of halogens is 1. The van der Waals surface area contributed by atoms with Crippen molar-refractivity contribution < 1.29 is 9.90 Å². The summed E-state index contributed by atoms with van der Waals surface area (Å²) < 4.78 is 1.02. The summed E-state index contributed by atoms with van der Waals surface area (Å²) in [6.07, 6.45) is 7.29. The first-order valence-electron chi connectivity index (χ1n) is 6.37. The van der Waals surface area contributed by atoms with E-state index >= 15 is 0 Å². The van der Waals surface area contributed by atoms with Crippen molar-refractivity contribution in [3.63, 3.8) is 0 Å². The third-order valence-corrected chi connectivity index (χ3v) is 4.03. The molecule has 3 heteroatoms. The first-order valence-corrected chi connectivity index (χ1v) is 7.16. The van der Waals surface area contributed by atoms with Gasteiger partial charge in [-0.25, -0.2) is 4.79 Å². The highest BCUT2D eigenvalue weighted by molar-refractivity contribution is 9.10. The molecule has 0 radical (unpaired) electrons. The minimum absolute atomic E-state index is 0.399. The molecule has 0 aliphatic heterocycles. The van der Waals surface area contributed by atoms with Crippen LogP contribution < -0.4 is 0 Å². The molecule has 1 saturated carbocycles. The van der Waals surface area contributed by atoms with Gasteiger partial charge in [0, 0.05) is 10.5 Å². The SMILES string of the molecule is O=C(O)/C=C(/c1ccc(Br)cc1)C1CCCCC1. The summed E-state index contributed by atoms with van der Waals surface area (Å²) in [7, 11) is 0. The second-order valence-corrected chi connectivity index (χ2v) is 5.70. The monoisotopic (exact) mass is 308 g/mol. The van der Waals surface area contributed by atoms with Gasteiger partial charge in [-0.05, 0) is 42.0 Å². The van der Waals surface area contributed by atoms with Crippen LogP contribution in [0.2, 0.25) is 0 Å². The van der Waals surface area contributed by atoms with Gasteiger partial charge >= 0.3 is 5.97 Å². The highest BCUT2D eigenvalue weighted by Gasteiger charge is 2.19. The van der Waals surface area contributed by atoms with Crippen molar-refractivity contribution in [2.75, 3.05) is 0 Å². The summed E-state index contributed by atoms with van der Waals surface area (Å²) in [6, 6.07) is 7.92. The van der Waals surface area contributed by atoms with Crippen molar-refractivity contribution in [1.82, 2.24) is 0 Å². The molecule has 1 fully saturated rings. The molecule has 0 spiro atoms. The van der Waals surface area contributed by atoms with E-state index in [0.717, 1.165) is 28.5 Å². The van der Waals surface area contributed by atoms with Gasteiger partial charge in [0.15, 0.2) is 0 Å². The van der Waals surface area contributed by atoms with Crippen LogP contribution in [0.25, 0.3) is 5.57 Å². The summed E-state index contributed by atoms with van der Waals surface area (Å²) in [5, 5.41) is 9.04. The summed E-state index contributed by atoms with van der Waals surface area (Å²) in [5.74, 6) is -0.450. The molecule has 18 heavy (non-hydrogen) atoms. The van der Waals surface area contributed by atoms with Crippen molar-refractivity contribution in [3.8, 4) is 0 Å². The normalized spacial score (nSPS) is 17.7. The molecule has 1 aliphatic carbocycles. The van der Waals surface area contributed by atoms with E-state index in [0.29, 0.717) is 5.92 Å². The van der Waals surface area contributed by atoms with Gasteiger partial charge in [0.1, 0.15) is 0 Å². The predicted octanol–water partition coefficient (Wildman–Crippen LogP) is 4.50. The fraction of sp³-hybridized carbons (Fsp3) is 0.400. The third-order valence-electron chi connectivity index (χ3n) is 3.50. The summed E-state index contributed by atoms with van der Waals surface area (Å²) in [5.41, 5.74) is 2.02. The van der Waals surface area contributed by atoms with E-state index in [1.165, 1.54) is 25.3 Å². The first-order chi connectivity index (χ1) is 8.66. The highest BCUT2D eigenvalue weighted by Crippen LogP contribution is 2.35. The zero-order valence-electron chi connectivity index (χ0n) is 10.2. The maximum Gasteiger partial charge on any atom is 0.328 e. The standard InChI is InChI=1S/C15H17BrO2/c16-13-8-6-12(7-9-13)14(10-15(17)18)11-4-2-1-3-5-11/h6-11H,1-5H2,(H,17,18)/b14-10+. The van der Waals surface area contributed by atoms with Gasteiger partial charge in [-0.3, -0.25) is 0 Å². The number of hydrogen-bond donors (Lipinski definition) is 1. The largest absolute Gasteiger partial charge is 0.478 e. The second-order valence-electron chi connectivity index (χ2n) is 4.78. The van der Waals surface area contributed by atoms with Gasteiger partial charge in [0.25, 0.3) is 0 Å². The Hall–Kier alpha value is -1.09. The van der Waals surface area contributed by atoms with Crippen LogP contribution in [0.15, 0.2) is 34.8 Å². The minimum Gasteiger partial charge on any atom is -0.478 e. The molecule has 1 aliphatic rings. The molecule has 0 atom stereocenters. The van der Waals surface area contributed by atoms with E-state index < -0.39 is 5.97 Å². The lowest BCUT2D eigenvalue weighted by molar-refractivity contribution is -0.131. The molecule has 0 aromatic heterocycles. The van der Waals surface area contributed by atoms with E-state index in [9.17, 15) is 4.79 Å². The molecule has 0 amide bonds. The fourth-order valence-corrected chi connectivity index (χ4v) is 2.89. The Morgan fingerprint density at radius 1 is 1.17 bits per heavy atom. The van der Waals surface area contributed by atoms with Crippen molar-refractivity contribution in [1.29, 1.82) is 0 Å². The van der Waals surface area contributed by atoms with Crippen molar-refractivity contribution in [2.45, 2.75) is 32.1 Å². The van der Waals surface area contributed by atoms with Crippen LogP contribution in [0.3, 0.4) is 0 Å². The maximum atomic E-state index is 11.0. The van der Waals surface area contributed by atoms with Crippen LogP contribution >= 0.6 is 15.9 Å². The van der Waals surface area contributed by atoms with Gasteiger partial charge in [0.05, 0.1) is 0 Å². The topological polar surface area (TPSA) is 37.3 Å². The second kappa shape index (κ2) is 6.19. The van der Waals surface area contributed by atoms with E-state index in [-0.39, 0.29) is 0 Å². The Balaban J connectivity index is 2.30. The summed E-state index contributed by atoms with van der Waals surface area (Å²) in [6.45, 7) is 0. The average Bonchev–Trinajstić information content (AvgIpc) is 2.38. The summed E-state index contributed by atoms with van der Waals surface area (Å²) in [4.78, 5) is 11.0. The number of aliphatic carboxylic acids is 1. The zero-order chi connectivity index (χ0) is 13.0. The Labute approximate surface area is 116 Å². The van der Waals surface area contributed by atoms with Crippen molar-refractivity contribution >= 4 is 27.5 Å². The number of rotatable bonds is 3. The van der Waals surface area contributed by atoms with Gasteiger partial charge in [-0.15, -0.1) is 0 Å². The lowest BCUT2D eigenvalue weighted by Crippen LogP contribution is -2.10. The lowest BCUT2D eigenvalue weighted by atomic mass is 9.81.